The molecule has 1 saturated carbocycles. The lowest BCUT2D eigenvalue weighted by atomic mass is 10.2. The van der Waals surface area contributed by atoms with Gasteiger partial charge in [0, 0.05) is 32.1 Å². The summed E-state index contributed by atoms with van der Waals surface area (Å²) in [6, 6.07) is 2.20. The molecule has 7 nitrogen and oxygen atoms in total. The van der Waals surface area contributed by atoms with Gasteiger partial charge in [0.1, 0.15) is 10.3 Å². The molecule has 1 saturated heterocycles. The van der Waals surface area contributed by atoms with Crippen molar-refractivity contribution in [1.29, 1.82) is 0 Å². The van der Waals surface area contributed by atoms with Gasteiger partial charge in [-0.3, -0.25) is 9.48 Å². The smallest absolute Gasteiger partial charge is 0.338 e. The number of alkyl halides is 3. The third kappa shape index (κ3) is 4.22. The molecule has 170 valence electrons. The van der Waals surface area contributed by atoms with Crippen molar-refractivity contribution in [2.45, 2.75) is 42.1 Å². The van der Waals surface area contributed by atoms with Crippen molar-refractivity contribution >= 4 is 38.9 Å². The van der Waals surface area contributed by atoms with E-state index in [2.05, 4.69) is 5.10 Å². The summed E-state index contributed by atoms with van der Waals surface area (Å²) < 4.78 is 67.8. The average molecular weight is 497 g/mol. The van der Waals surface area contributed by atoms with Gasteiger partial charge in [-0.15, -0.1) is 11.3 Å². The number of carbonyl (C=O) groups excluding carboxylic acids is 1. The maximum Gasteiger partial charge on any atom is 0.436 e. The molecule has 13 heteroatoms. The number of thiophene rings is 1. The molecule has 0 aromatic carbocycles. The predicted molar refractivity (Wildman–Crippen MR) is 109 cm³/mol. The first-order chi connectivity index (χ1) is 14.5. The summed E-state index contributed by atoms with van der Waals surface area (Å²) in [7, 11) is -3.61. The van der Waals surface area contributed by atoms with Crippen LogP contribution < -0.4 is 0 Å². The maximum absolute atomic E-state index is 13.3. The minimum absolute atomic E-state index is 0.113. The Kier molecular flexibility index (Phi) is 5.86. The molecule has 1 atom stereocenters. The van der Waals surface area contributed by atoms with Crippen LogP contribution in [0.25, 0.3) is 0 Å². The van der Waals surface area contributed by atoms with Crippen molar-refractivity contribution in [1.82, 2.24) is 19.0 Å². The average Bonchev–Trinajstić information content (AvgIpc) is 3.25. The van der Waals surface area contributed by atoms with Crippen molar-refractivity contribution in [3.05, 3.63) is 33.9 Å². The van der Waals surface area contributed by atoms with E-state index in [0.717, 1.165) is 16.0 Å². The number of halogens is 4. The second kappa shape index (κ2) is 8.05. The summed E-state index contributed by atoms with van der Waals surface area (Å²) in [6.45, 7) is 2.01. The number of hydrogen-bond donors (Lipinski definition) is 0. The van der Waals surface area contributed by atoms with Crippen molar-refractivity contribution in [2.24, 2.45) is 0 Å². The van der Waals surface area contributed by atoms with Crippen molar-refractivity contribution in [3.63, 3.8) is 0 Å². The van der Waals surface area contributed by atoms with E-state index in [0.29, 0.717) is 12.8 Å². The van der Waals surface area contributed by atoms with Gasteiger partial charge in [-0.05, 0) is 31.2 Å². The van der Waals surface area contributed by atoms with Gasteiger partial charge in [-0.2, -0.15) is 22.6 Å². The fourth-order valence-corrected chi connectivity index (χ4v) is 6.63. The molecule has 2 fully saturated rings. The Balaban J connectivity index is 1.50. The zero-order chi connectivity index (χ0) is 22.6. The van der Waals surface area contributed by atoms with E-state index in [1.807, 2.05) is 0 Å². The highest BCUT2D eigenvalue weighted by atomic mass is 35.5. The van der Waals surface area contributed by atoms with Crippen LogP contribution in [0.15, 0.2) is 21.7 Å². The second-order valence-corrected chi connectivity index (χ2v) is 11.1. The van der Waals surface area contributed by atoms with Gasteiger partial charge in [-0.25, -0.2) is 8.42 Å². The van der Waals surface area contributed by atoms with Crippen LogP contribution in [0.3, 0.4) is 0 Å². The van der Waals surface area contributed by atoms with E-state index in [-0.39, 0.29) is 42.0 Å². The van der Waals surface area contributed by atoms with Gasteiger partial charge < -0.3 is 4.90 Å². The zero-order valence-electron chi connectivity index (χ0n) is 16.5. The summed E-state index contributed by atoms with van der Waals surface area (Å²) in [5, 5.41) is 4.89. The number of hydrogen-bond acceptors (Lipinski definition) is 5. The van der Waals surface area contributed by atoms with Crippen LogP contribution >= 0.6 is 22.9 Å². The van der Waals surface area contributed by atoms with E-state index in [1.54, 1.807) is 11.4 Å². The molecule has 1 aliphatic heterocycles. The topological polar surface area (TPSA) is 75.5 Å². The SMILES string of the molecule is CC(C(=O)N1CCN(S(=O)(=O)c2cccs2)CC1)n1nc(C(F)(F)F)c(Cl)c1C1CC1. The summed E-state index contributed by atoms with van der Waals surface area (Å²) in [4.78, 5) is 14.5. The lowest BCUT2D eigenvalue weighted by Gasteiger charge is -2.35. The first-order valence-electron chi connectivity index (χ1n) is 9.69. The molecule has 0 N–H and O–H groups in total. The predicted octanol–water partition coefficient (Wildman–Crippen LogP) is 3.59. The Hall–Kier alpha value is -1.63. The molecule has 0 spiro atoms. The summed E-state index contributed by atoms with van der Waals surface area (Å²) in [5.74, 6) is -0.554. The van der Waals surface area contributed by atoms with Gasteiger partial charge in [0.25, 0.3) is 10.0 Å². The number of rotatable bonds is 5. The van der Waals surface area contributed by atoms with Crippen LogP contribution in [0.1, 0.15) is 43.1 Å². The normalized spacial score (nSPS) is 19.6. The zero-order valence-corrected chi connectivity index (χ0v) is 18.9. The molecular formula is C18H20ClF3N4O3S2. The van der Waals surface area contributed by atoms with Crippen LogP contribution in [0, 0.1) is 0 Å². The van der Waals surface area contributed by atoms with Gasteiger partial charge >= 0.3 is 6.18 Å². The second-order valence-electron chi connectivity index (χ2n) is 7.60. The van der Waals surface area contributed by atoms with E-state index in [1.165, 1.54) is 22.2 Å². The third-order valence-corrected chi connectivity index (χ3v) is 9.13. The van der Waals surface area contributed by atoms with Crippen LogP contribution in [0.4, 0.5) is 13.2 Å². The lowest BCUT2D eigenvalue weighted by molar-refractivity contribution is -0.142. The molecule has 0 bridgehead atoms. The van der Waals surface area contributed by atoms with Gasteiger partial charge in [0.15, 0.2) is 5.69 Å². The molecule has 1 unspecified atom stereocenters. The molecule has 31 heavy (non-hydrogen) atoms. The highest BCUT2D eigenvalue weighted by Crippen LogP contribution is 2.47. The number of aromatic nitrogens is 2. The van der Waals surface area contributed by atoms with Crippen LogP contribution in [-0.2, 0) is 21.0 Å². The highest BCUT2D eigenvalue weighted by Gasteiger charge is 2.44. The molecule has 1 amide bonds. The van der Waals surface area contributed by atoms with Gasteiger partial charge in [0.05, 0.1) is 10.7 Å². The third-order valence-electron chi connectivity index (χ3n) is 5.48. The van der Waals surface area contributed by atoms with E-state index in [9.17, 15) is 26.4 Å². The quantitative estimate of drug-likeness (QED) is 0.634. The monoisotopic (exact) mass is 496 g/mol. The number of sulfonamides is 1. The molecule has 2 aromatic heterocycles. The molecular weight excluding hydrogens is 477 g/mol. The minimum Gasteiger partial charge on any atom is -0.338 e. The summed E-state index contributed by atoms with van der Waals surface area (Å²) in [6.07, 6.45) is -3.32. The maximum atomic E-state index is 13.3. The summed E-state index contributed by atoms with van der Waals surface area (Å²) in [5.41, 5.74) is -0.934. The molecule has 4 rings (SSSR count). The Bertz CT molecular complexity index is 1070. The van der Waals surface area contributed by atoms with E-state index in [4.69, 9.17) is 11.6 Å². The Labute approximate surface area is 186 Å². The van der Waals surface area contributed by atoms with Crippen LogP contribution in [0.2, 0.25) is 5.02 Å². The van der Waals surface area contributed by atoms with Gasteiger partial charge in [0.2, 0.25) is 5.91 Å². The molecule has 1 aliphatic carbocycles. The number of piperazine rings is 1. The molecule has 0 radical (unpaired) electrons. The van der Waals surface area contributed by atoms with Gasteiger partial charge in [-0.1, -0.05) is 17.7 Å². The highest BCUT2D eigenvalue weighted by molar-refractivity contribution is 7.91. The standard InChI is InChI=1S/C18H20ClF3N4O3S2/c1-11(26-15(12-4-5-12)14(19)16(23-26)18(20,21)22)17(27)24-6-8-25(9-7-24)31(28,29)13-3-2-10-30-13/h2-3,10-12H,4-9H2,1H3. The largest absolute Gasteiger partial charge is 0.436 e. The molecule has 3 heterocycles. The number of carbonyl (C=O) groups is 1. The molecule has 2 aliphatic rings. The fourth-order valence-electron chi connectivity index (χ4n) is 3.68. The first kappa shape index (κ1) is 22.6. The fraction of sp³-hybridized carbons (Fsp3) is 0.556. The minimum atomic E-state index is -4.71. The van der Waals surface area contributed by atoms with E-state index >= 15 is 0 Å². The van der Waals surface area contributed by atoms with Crippen molar-refractivity contribution < 1.29 is 26.4 Å². The van der Waals surface area contributed by atoms with Crippen molar-refractivity contribution in [3.8, 4) is 0 Å². The Morgan fingerprint density at radius 2 is 1.90 bits per heavy atom. The van der Waals surface area contributed by atoms with Crippen LogP contribution in [-0.4, -0.2) is 59.5 Å². The summed E-state index contributed by atoms with van der Waals surface area (Å²) >= 11 is 7.12. The Morgan fingerprint density at radius 1 is 1.26 bits per heavy atom. The molecule has 2 aromatic rings. The van der Waals surface area contributed by atoms with E-state index < -0.39 is 38.9 Å². The Morgan fingerprint density at radius 3 is 2.42 bits per heavy atom. The number of amides is 1. The van der Waals surface area contributed by atoms with Crippen LogP contribution in [0.5, 0.6) is 0 Å². The number of nitrogens with zero attached hydrogens (tertiary/aromatic N) is 4. The van der Waals surface area contributed by atoms with Crippen molar-refractivity contribution in [2.75, 3.05) is 26.2 Å². The first-order valence-corrected chi connectivity index (χ1v) is 12.4. The lowest BCUT2D eigenvalue weighted by Crippen LogP contribution is -2.51.